The van der Waals surface area contributed by atoms with Crippen LogP contribution in [-0.2, 0) is 16.6 Å². The number of rotatable bonds is 5. The fourth-order valence-corrected chi connectivity index (χ4v) is 3.07. The molecule has 4 nitrogen and oxygen atoms in total. The number of alkyl halides is 2. The van der Waals surface area contributed by atoms with E-state index in [9.17, 15) is 17.2 Å². The van der Waals surface area contributed by atoms with E-state index in [1.54, 1.807) is 13.0 Å². The first kappa shape index (κ1) is 15.3. The van der Waals surface area contributed by atoms with E-state index >= 15 is 0 Å². The SMILES string of the molecule is Cc1c(CN)cc(Cl)cc1S(=O)(=O)NCC(F)F. The van der Waals surface area contributed by atoms with Crippen LogP contribution in [-0.4, -0.2) is 21.4 Å². The Labute approximate surface area is 109 Å². The third-order valence-electron chi connectivity index (χ3n) is 2.37. The van der Waals surface area contributed by atoms with Gasteiger partial charge in [0.1, 0.15) is 0 Å². The lowest BCUT2D eigenvalue weighted by molar-refractivity contribution is 0.153. The molecule has 18 heavy (non-hydrogen) atoms. The standard InChI is InChI=1S/C10H13ClF2N2O2S/c1-6-7(4-14)2-8(11)3-9(6)18(16,17)15-5-10(12)13/h2-3,10,15H,4-5,14H2,1H3. The summed E-state index contributed by atoms with van der Waals surface area (Å²) in [6.07, 6.45) is -2.76. The summed E-state index contributed by atoms with van der Waals surface area (Å²) in [6.45, 7) is 0.728. The highest BCUT2D eigenvalue weighted by Crippen LogP contribution is 2.24. The van der Waals surface area contributed by atoms with Gasteiger partial charge in [0.15, 0.2) is 0 Å². The number of benzene rings is 1. The minimum atomic E-state index is -4.01. The number of nitrogens with two attached hydrogens (primary N) is 1. The van der Waals surface area contributed by atoms with Crippen molar-refractivity contribution >= 4 is 21.6 Å². The monoisotopic (exact) mass is 298 g/mol. The molecule has 0 aliphatic heterocycles. The van der Waals surface area contributed by atoms with Gasteiger partial charge in [0.05, 0.1) is 11.4 Å². The highest BCUT2D eigenvalue weighted by atomic mass is 35.5. The van der Waals surface area contributed by atoms with Crippen molar-refractivity contribution in [2.75, 3.05) is 6.54 Å². The normalized spacial score (nSPS) is 12.1. The second-order valence-corrected chi connectivity index (χ2v) is 5.81. The van der Waals surface area contributed by atoms with Gasteiger partial charge in [0, 0.05) is 11.6 Å². The van der Waals surface area contributed by atoms with E-state index in [1.807, 2.05) is 4.72 Å². The summed E-state index contributed by atoms with van der Waals surface area (Å²) in [5.41, 5.74) is 6.42. The van der Waals surface area contributed by atoms with Gasteiger partial charge in [0.2, 0.25) is 10.0 Å². The molecule has 0 aliphatic carbocycles. The molecule has 0 aliphatic rings. The maximum Gasteiger partial charge on any atom is 0.251 e. The van der Waals surface area contributed by atoms with E-state index in [0.29, 0.717) is 11.1 Å². The van der Waals surface area contributed by atoms with Crippen molar-refractivity contribution in [2.45, 2.75) is 24.8 Å². The van der Waals surface area contributed by atoms with Gasteiger partial charge in [-0.25, -0.2) is 21.9 Å². The van der Waals surface area contributed by atoms with Crippen LogP contribution in [0.5, 0.6) is 0 Å². The first-order valence-electron chi connectivity index (χ1n) is 5.05. The van der Waals surface area contributed by atoms with Crippen LogP contribution >= 0.6 is 11.6 Å². The van der Waals surface area contributed by atoms with Crippen molar-refractivity contribution in [3.05, 3.63) is 28.3 Å². The van der Waals surface area contributed by atoms with E-state index in [-0.39, 0.29) is 16.5 Å². The maximum absolute atomic E-state index is 12.0. The van der Waals surface area contributed by atoms with Crippen LogP contribution in [0.2, 0.25) is 5.02 Å². The number of hydrogen-bond donors (Lipinski definition) is 2. The first-order chi connectivity index (χ1) is 8.27. The van der Waals surface area contributed by atoms with E-state index < -0.39 is 23.0 Å². The fourth-order valence-electron chi connectivity index (χ4n) is 1.45. The Hall–Kier alpha value is -0.760. The Bertz CT molecular complexity index is 535. The average Bonchev–Trinajstić information content (AvgIpc) is 2.29. The number of halogens is 3. The molecule has 0 aromatic heterocycles. The van der Waals surface area contributed by atoms with Crippen LogP contribution < -0.4 is 10.5 Å². The summed E-state index contributed by atoms with van der Waals surface area (Å²) in [6, 6.07) is 2.76. The summed E-state index contributed by atoms with van der Waals surface area (Å²) in [5, 5.41) is 0.193. The van der Waals surface area contributed by atoms with Gasteiger partial charge in [-0.05, 0) is 30.2 Å². The zero-order chi connectivity index (χ0) is 13.9. The molecule has 1 aromatic carbocycles. The lowest BCUT2D eigenvalue weighted by Gasteiger charge is -2.12. The van der Waals surface area contributed by atoms with Gasteiger partial charge < -0.3 is 5.73 Å². The molecule has 0 heterocycles. The van der Waals surface area contributed by atoms with Crippen molar-refractivity contribution in [3.63, 3.8) is 0 Å². The van der Waals surface area contributed by atoms with Crippen LogP contribution in [0.4, 0.5) is 8.78 Å². The van der Waals surface area contributed by atoms with Crippen LogP contribution in [0.15, 0.2) is 17.0 Å². The molecule has 0 bridgehead atoms. The van der Waals surface area contributed by atoms with Gasteiger partial charge in [-0.3, -0.25) is 0 Å². The van der Waals surface area contributed by atoms with Crippen LogP contribution in [0.3, 0.4) is 0 Å². The molecule has 102 valence electrons. The summed E-state index contributed by atoms with van der Waals surface area (Å²) in [5.74, 6) is 0. The minimum absolute atomic E-state index is 0.115. The predicted molar refractivity (Wildman–Crippen MR) is 65.3 cm³/mol. The van der Waals surface area contributed by atoms with Crippen molar-refractivity contribution in [2.24, 2.45) is 5.73 Å². The molecule has 0 atom stereocenters. The first-order valence-corrected chi connectivity index (χ1v) is 6.91. The Morgan fingerprint density at radius 3 is 2.56 bits per heavy atom. The molecule has 3 N–H and O–H groups in total. The van der Waals surface area contributed by atoms with Crippen LogP contribution in [0, 0.1) is 6.92 Å². The van der Waals surface area contributed by atoms with Gasteiger partial charge in [-0.15, -0.1) is 0 Å². The highest BCUT2D eigenvalue weighted by molar-refractivity contribution is 7.89. The molecule has 0 saturated carbocycles. The van der Waals surface area contributed by atoms with Gasteiger partial charge in [-0.2, -0.15) is 0 Å². The molecule has 0 unspecified atom stereocenters. The van der Waals surface area contributed by atoms with Crippen molar-refractivity contribution < 1.29 is 17.2 Å². The molecule has 0 amide bonds. The van der Waals surface area contributed by atoms with E-state index in [1.165, 1.54) is 6.07 Å². The molecule has 8 heteroatoms. The number of sulfonamides is 1. The van der Waals surface area contributed by atoms with Crippen molar-refractivity contribution in [1.82, 2.24) is 4.72 Å². The largest absolute Gasteiger partial charge is 0.326 e. The molecular weight excluding hydrogens is 286 g/mol. The van der Waals surface area contributed by atoms with Crippen LogP contribution in [0.1, 0.15) is 11.1 Å². The smallest absolute Gasteiger partial charge is 0.251 e. The van der Waals surface area contributed by atoms with E-state index in [0.717, 1.165) is 0 Å². The summed E-state index contributed by atoms with van der Waals surface area (Å²) < 4.78 is 49.6. The van der Waals surface area contributed by atoms with Gasteiger partial charge in [-0.1, -0.05) is 11.6 Å². The fraction of sp³-hybridized carbons (Fsp3) is 0.400. The topological polar surface area (TPSA) is 72.2 Å². The summed E-state index contributed by atoms with van der Waals surface area (Å²) in [7, 11) is -4.01. The molecule has 0 spiro atoms. The zero-order valence-electron chi connectivity index (χ0n) is 9.58. The summed E-state index contributed by atoms with van der Waals surface area (Å²) >= 11 is 5.77. The lowest BCUT2D eigenvalue weighted by atomic mass is 10.1. The summed E-state index contributed by atoms with van der Waals surface area (Å²) in [4.78, 5) is -0.129. The van der Waals surface area contributed by atoms with E-state index in [4.69, 9.17) is 17.3 Å². The van der Waals surface area contributed by atoms with Gasteiger partial charge >= 0.3 is 0 Å². The molecule has 1 aromatic rings. The highest BCUT2D eigenvalue weighted by Gasteiger charge is 2.20. The van der Waals surface area contributed by atoms with Gasteiger partial charge in [0.25, 0.3) is 6.43 Å². The maximum atomic E-state index is 12.0. The quantitative estimate of drug-likeness (QED) is 0.868. The molecular formula is C10H13ClF2N2O2S. The Morgan fingerprint density at radius 1 is 1.44 bits per heavy atom. The molecule has 1 rings (SSSR count). The second kappa shape index (κ2) is 5.92. The Morgan fingerprint density at radius 2 is 2.06 bits per heavy atom. The van der Waals surface area contributed by atoms with E-state index in [2.05, 4.69) is 0 Å². The average molecular weight is 299 g/mol. The third-order valence-corrected chi connectivity index (χ3v) is 4.14. The number of nitrogens with one attached hydrogen (secondary N) is 1. The Kier molecular flexibility index (Phi) is 5.03. The van der Waals surface area contributed by atoms with Crippen molar-refractivity contribution in [3.8, 4) is 0 Å². The van der Waals surface area contributed by atoms with Crippen molar-refractivity contribution in [1.29, 1.82) is 0 Å². The molecule has 0 saturated heterocycles. The molecule has 0 radical (unpaired) electrons. The lowest BCUT2D eigenvalue weighted by Crippen LogP contribution is -2.29. The predicted octanol–water partition coefficient (Wildman–Crippen LogP) is 1.65. The third kappa shape index (κ3) is 3.61. The number of hydrogen-bond acceptors (Lipinski definition) is 3. The minimum Gasteiger partial charge on any atom is -0.326 e. The second-order valence-electron chi connectivity index (χ2n) is 3.64. The van der Waals surface area contributed by atoms with Crippen LogP contribution in [0.25, 0.3) is 0 Å². The molecule has 0 fully saturated rings. The Balaban J connectivity index is 3.20. The zero-order valence-corrected chi connectivity index (χ0v) is 11.2.